The molecule has 0 saturated carbocycles. The number of amides is 1. The molecule has 1 aliphatic rings. The zero-order valence-corrected chi connectivity index (χ0v) is 22.1. The lowest BCUT2D eigenvalue weighted by Gasteiger charge is -2.17. The highest BCUT2D eigenvalue weighted by atomic mass is 35.5. The van der Waals surface area contributed by atoms with Crippen LogP contribution in [0.15, 0.2) is 77.6 Å². The molecule has 0 atom stereocenters. The molecular formula is C29H23ClN4O3S. The van der Waals surface area contributed by atoms with Gasteiger partial charge in [-0.25, -0.2) is 0 Å². The Labute approximate surface area is 227 Å². The molecule has 7 nitrogen and oxygen atoms in total. The highest BCUT2D eigenvalue weighted by molar-refractivity contribution is 7.15. The number of rotatable bonds is 7. The minimum Gasteiger partial charge on any atom is -0.494 e. The minimum atomic E-state index is -0.360. The lowest BCUT2D eigenvalue weighted by molar-refractivity contribution is -0.113. The quantitative estimate of drug-likeness (QED) is 0.267. The Kier molecular flexibility index (Phi) is 6.43. The second-order valence-corrected chi connectivity index (χ2v) is 10.4. The van der Waals surface area contributed by atoms with Gasteiger partial charge in [0.25, 0.3) is 11.5 Å². The number of fused-ring (bicyclic) bond motifs is 2. The van der Waals surface area contributed by atoms with Crippen molar-refractivity contribution in [3.63, 3.8) is 0 Å². The Morgan fingerprint density at radius 1 is 0.974 bits per heavy atom. The number of hydrogen-bond donors (Lipinski definition) is 0. The van der Waals surface area contributed by atoms with Gasteiger partial charge in [0.1, 0.15) is 10.3 Å². The average molecular weight is 543 g/mol. The minimum absolute atomic E-state index is 0.244. The monoisotopic (exact) mass is 542 g/mol. The van der Waals surface area contributed by atoms with E-state index >= 15 is 0 Å². The fourth-order valence-corrected chi connectivity index (χ4v) is 5.69. The van der Waals surface area contributed by atoms with Gasteiger partial charge in [0.2, 0.25) is 4.96 Å². The first kappa shape index (κ1) is 24.3. The molecule has 5 aromatic rings. The summed E-state index contributed by atoms with van der Waals surface area (Å²) in [6.07, 6.45) is 2.07. The number of halogens is 1. The van der Waals surface area contributed by atoms with Crippen molar-refractivity contribution in [3.05, 3.63) is 104 Å². The van der Waals surface area contributed by atoms with E-state index in [1.54, 1.807) is 11.0 Å². The van der Waals surface area contributed by atoms with Crippen LogP contribution in [0.1, 0.15) is 30.9 Å². The molecule has 0 spiro atoms. The summed E-state index contributed by atoms with van der Waals surface area (Å²) >= 11 is 7.55. The van der Waals surface area contributed by atoms with Crippen molar-refractivity contribution >= 4 is 45.1 Å². The van der Waals surface area contributed by atoms with Gasteiger partial charge >= 0.3 is 0 Å². The number of carbonyl (C=O) groups is 1. The van der Waals surface area contributed by atoms with Crippen LogP contribution in [0.3, 0.4) is 0 Å². The Hall–Kier alpha value is -4.01. The van der Waals surface area contributed by atoms with E-state index in [-0.39, 0.29) is 11.5 Å². The zero-order valence-electron chi connectivity index (χ0n) is 20.6. The standard InChI is InChI=1S/C29H23ClN4O3S/c1-2-3-16-37-20-14-12-18(13-15-20)26-31-29-34(32-26)28(36)25(38-29)24-21-9-5-7-11-23(21)33(27(24)35)17-19-8-4-6-10-22(19)30/h4-15H,2-3,16-17H2,1H3. The number of nitrogens with zero attached hydrogens (tertiary/aromatic N) is 4. The van der Waals surface area contributed by atoms with Crippen LogP contribution in [-0.2, 0) is 11.3 Å². The highest BCUT2D eigenvalue weighted by Crippen LogP contribution is 2.37. The molecule has 2 aromatic heterocycles. The number of para-hydroxylation sites is 1. The summed E-state index contributed by atoms with van der Waals surface area (Å²) in [5, 5.41) is 5.05. The summed E-state index contributed by atoms with van der Waals surface area (Å²) in [4.78, 5) is 33.9. The molecule has 190 valence electrons. The smallest absolute Gasteiger partial charge is 0.291 e. The fourth-order valence-electron chi connectivity index (χ4n) is 4.50. The Morgan fingerprint density at radius 2 is 1.74 bits per heavy atom. The van der Waals surface area contributed by atoms with Crippen molar-refractivity contribution < 1.29 is 9.53 Å². The molecule has 3 aromatic carbocycles. The van der Waals surface area contributed by atoms with E-state index in [1.165, 1.54) is 15.9 Å². The van der Waals surface area contributed by atoms with Crippen LogP contribution in [0.5, 0.6) is 5.75 Å². The second kappa shape index (κ2) is 10.0. The summed E-state index contributed by atoms with van der Waals surface area (Å²) in [6.45, 7) is 3.10. The van der Waals surface area contributed by atoms with Gasteiger partial charge in [-0.2, -0.15) is 9.50 Å². The maximum Gasteiger partial charge on any atom is 0.291 e. The number of ether oxygens (including phenoxy) is 1. The van der Waals surface area contributed by atoms with Gasteiger partial charge in [0.15, 0.2) is 5.82 Å². The summed E-state index contributed by atoms with van der Waals surface area (Å²) < 4.78 is 7.33. The number of aromatic nitrogens is 3. The normalized spacial score (nSPS) is 14.4. The summed E-state index contributed by atoms with van der Waals surface area (Å²) in [5.74, 6) is 0.987. The predicted molar refractivity (Wildman–Crippen MR) is 150 cm³/mol. The van der Waals surface area contributed by atoms with E-state index in [4.69, 9.17) is 16.3 Å². The number of anilines is 1. The molecule has 6 rings (SSSR count). The van der Waals surface area contributed by atoms with Crippen LogP contribution in [0.2, 0.25) is 5.02 Å². The van der Waals surface area contributed by atoms with Gasteiger partial charge in [-0.15, -0.1) is 5.10 Å². The third-order valence-corrected chi connectivity index (χ3v) is 7.87. The molecule has 1 amide bonds. The van der Waals surface area contributed by atoms with Gasteiger partial charge in [-0.1, -0.05) is 72.7 Å². The van der Waals surface area contributed by atoms with Crippen LogP contribution in [-0.4, -0.2) is 27.1 Å². The SMILES string of the molecule is CCCCOc1ccc(-c2nc3sc(=C4C(=O)N(Cc5ccccc5Cl)c5ccccc54)c(=O)n3n2)cc1. The molecular weight excluding hydrogens is 520 g/mol. The van der Waals surface area contributed by atoms with Crippen LogP contribution in [0.25, 0.3) is 21.9 Å². The average Bonchev–Trinajstić information content (AvgIpc) is 3.57. The van der Waals surface area contributed by atoms with Gasteiger partial charge < -0.3 is 9.64 Å². The maximum absolute atomic E-state index is 13.7. The van der Waals surface area contributed by atoms with E-state index in [0.717, 1.165) is 35.4 Å². The molecule has 0 aliphatic carbocycles. The summed E-state index contributed by atoms with van der Waals surface area (Å²) in [5.41, 5.74) is 3.07. The summed E-state index contributed by atoms with van der Waals surface area (Å²) in [7, 11) is 0. The number of unbranched alkanes of at least 4 members (excludes halogenated alkanes) is 1. The Bertz CT molecular complexity index is 1780. The van der Waals surface area contributed by atoms with Gasteiger partial charge in [-0.3, -0.25) is 9.59 Å². The number of thiazole rings is 1. The first-order chi connectivity index (χ1) is 18.5. The summed E-state index contributed by atoms with van der Waals surface area (Å²) in [6, 6.07) is 22.4. The van der Waals surface area contributed by atoms with E-state index < -0.39 is 0 Å². The van der Waals surface area contributed by atoms with Gasteiger partial charge in [-0.05, 0) is 48.4 Å². The molecule has 0 bridgehead atoms. The van der Waals surface area contributed by atoms with E-state index in [0.29, 0.717) is 44.6 Å². The number of benzene rings is 3. The molecule has 38 heavy (non-hydrogen) atoms. The Morgan fingerprint density at radius 3 is 2.50 bits per heavy atom. The van der Waals surface area contributed by atoms with Crippen molar-refractivity contribution in [1.29, 1.82) is 0 Å². The second-order valence-electron chi connectivity index (χ2n) is 8.97. The molecule has 1 aliphatic heterocycles. The van der Waals surface area contributed by atoms with Crippen molar-refractivity contribution in [2.75, 3.05) is 11.5 Å². The third kappa shape index (κ3) is 4.25. The highest BCUT2D eigenvalue weighted by Gasteiger charge is 2.34. The lowest BCUT2D eigenvalue weighted by atomic mass is 10.1. The number of carbonyl (C=O) groups excluding carboxylic acids is 1. The van der Waals surface area contributed by atoms with Crippen LogP contribution in [0, 0.1) is 0 Å². The third-order valence-electron chi connectivity index (χ3n) is 6.47. The van der Waals surface area contributed by atoms with E-state index in [1.807, 2.05) is 66.7 Å². The molecule has 3 heterocycles. The fraction of sp³-hybridized carbons (Fsp3) is 0.172. The molecule has 0 N–H and O–H groups in total. The first-order valence-corrected chi connectivity index (χ1v) is 13.6. The van der Waals surface area contributed by atoms with E-state index in [2.05, 4.69) is 17.0 Å². The van der Waals surface area contributed by atoms with Crippen molar-refractivity contribution in [3.8, 4) is 17.1 Å². The van der Waals surface area contributed by atoms with Gasteiger partial charge in [0.05, 0.1) is 24.4 Å². The molecule has 9 heteroatoms. The molecule has 0 radical (unpaired) electrons. The van der Waals surface area contributed by atoms with Gasteiger partial charge in [0, 0.05) is 16.1 Å². The predicted octanol–water partition coefficient (Wildman–Crippen LogP) is 5.12. The zero-order chi connectivity index (χ0) is 26.2. The molecule has 0 saturated heterocycles. The van der Waals surface area contributed by atoms with Crippen LogP contribution < -0.4 is 19.7 Å². The van der Waals surface area contributed by atoms with Crippen molar-refractivity contribution in [2.45, 2.75) is 26.3 Å². The number of hydrogen-bond acceptors (Lipinski definition) is 6. The van der Waals surface area contributed by atoms with E-state index in [9.17, 15) is 9.59 Å². The lowest BCUT2D eigenvalue weighted by Crippen LogP contribution is -2.32. The first-order valence-electron chi connectivity index (χ1n) is 12.4. The molecule has 0 unspecified atom stereocenters. The largest absolute Gasteiger partial charge is 0.494 e. The van der Waals surface area contributed by atoms with Crippen molar-refractivity contribution in [1.82, 2.24) is 14.6 Å². The maximum atomic E-state index is 13.7. The van der Waals surface area contributed by atoms with Crippen LogP contribution >= 0.6 is 22.9 Å². The van der Waals surface area contributed by atoms with Crippen LogP contribution in [0.4, 0.5) is 5.69 Å². The topological polar surface area (TPSA) is 76.8 Å². The molecule has 0 fully saturated rings. The Balaban J connectivity index is 1.38. The van der Waals surface area contributed by atoms with Crippen molar-refractivity contribution in [2.24, 2.45) is 0 Å².